The molecule has 8 heteroatoms. The highest BCUT2D eigenvalue weighted by atomic mass is 79.9. The molecule has 0 bridgehead atoms. The van der Waals surface area contributed by atoms with Crippen LogP contribution in [0.25, 0.3) is 0 Å². The van der Waals surface area contributed by atoms with Crippen LogP contribution in [0.2, 0.25) is 5.02 Å². The zero-order chi connectivity index (χ0) is 39.4. The topological polar surface area (TPSA) is 66.4 Å². The van der Waals surface area contributed by atoms with Gasteiger partial charge in [-0.15, -0.1) is 0 Å². The van der Waals surface area contributed by atoms with Gasteiger partial charge >= 0.3 is 0 Å². The Balaban J connectivity index is 1.30. The molecule has 6 nitrogen and oxygen atoms in total. The van der Waals surface area contributed by atoms with Gasteiger partial charge in [-0.2, -0.15) is 0 Å². The van der Waals surface area contributed by atoms with Gasteiger partial charge in [0.2, 0.25) is 0 Å². The quantitative estimate of drug-likeness (QED) is 0.0986. The van der Waals surface area contributed by atoms with Crippen LogP contribution in [0.4, 0.5) is 0 Å². The molecule has 1 saturated heterocycles. The number of ether oxygens (including phenoxy) is 5. The third kappa shape index (κ3) is 10.8. The van der Waals surface area contributed by atoms with Crippen LogP contribution in [0.1, 0.15) is 57.5 Å². The second-order valence-electron chi connectivity index (χ2n) is 14.3. The Hall–Kier alpha value is -4.31. The number of hydrogen-bond donors (Lipinski definition) is 1. The van der Waals surface area contributed by atoms with Crippen molar-refractivity contribution in [3.63, 3.8) is 0 Å². The van der Waals surface area contributed by atoms with E-state index in [9.17, 15) is 5.11 Å². The molecule has 294 valence electrons. The summed E-state index contributed by atoms with van der Waals surface area (Å²) in [5.74, 6) is -0.0159. The monoisotopic (exact) mass is 846 g/mol. The Morgan fingerprint density at radius 2 is 1.04 bits per heavy atom. The summed E-state index contributed by atoms with van der Waals surface area (Å²) in [6.45, 7) is 3.64. The molecule has 1 unspecified atom stereocenters. The minimum absolute atomic E-state index is 0.0159. The molecule has 0 amide bonds. The Kier molecular flexibility index (Phi) is 14.6. The molecule has 5 atom stereocenters. The third-order valence-electron chi connectivity index (χ3n) is 10.3. The maximum Gasteiger partial charge on any atom is 0.137 e. The Morgan fingerprint density at radius 1 is 0.579 bits per heavy atom. The first-order valence-corrected chi connectivity index (χ1v) is 20.6. The summed E-state index contributed by atoms with van der Waals surface area (Å²) in [5, 5.41) is 12.4. The van der Waals surface area contributed by atoms with E-state index in [-0.39, 0.29) is 19.0 Å². The highest BCUT2D eigenvalue weighted by Crippen LogP contribution is 2.46. The minimum Gasteiger partial charge on any atom is -0.506 e. The first kappa shape index (κ1) is 40.9. The molecule has 0 saturated carbocycles. The van der Waals surface area contributed by atoms with Crippen LogP contribution in [0.3, 0.4) is 0 Å². The van der Waals surface area contributed by atoms with Crippen molar-refractivity contribution in [1.29, 1.82) is 0 Å². The third-order valence-corrected chi connectivity index (χ3v) is 11.7. The lowest BCUT2D eigenvalue weighted by Gasteiger charge is -2.46. The predicted molar refractivity (Wildman–Crippen MR) is 228 cm³/mol. The Morgan fingerprint density at radius 3 is 1.54 bits per heavy atom. The molecule has 7 rings (SSSR count). The molecule has 57 heavy (non-hydrogen) atoms. The zero-order valence-electron chi connectivity index (χ0n) is 32.0. The fourth-order valence-electron chi connectivity index (χ4n) is 7.19. The molecule has 1 heterocycles. The van der Waals surface area contributed by atoms with Crippen LogP contribution in [0.5, 0.6) is 5.75 Å². The normalized spacial score (nSPS) is 19.4. The molecule has 1 aliphatic heterocycles. The van der Waals surface area contributed by atoms with Crippen molar-refractivity contribution >= 4 is 27.5 Å². The number of hydrogen-bond acceptors (Lipinski definition) is 6. The van der Waals surface area contributed by atoms with Gasteiger partial charge in [-0.05, 0) is 73.8 Å². The summed E-state index contributed by atoms with van der Waals surface area (Å²) in [4.78, 5) is 0. The van der Waals surface area contributed by atoms with E-state index in [4.69, 9.17) is 35.3 Å². The van der Waals surface area contributed by atoms with Crippen LogP contribution < -0.4 is 0 Å². The summed E-state index contributed by atoms with van der Waals surface area (Å²) in [7, 11) is 0. The fourth-order valence-corrected chi connectivity index (χ4v) is 7.88. The van der Waals surface area contributed by atoms with Gasteiger partial charge in [0.1, 0.15) is 36.3 Å². The number of benzene rings is 6. The number of phenolic OH excluding ortho intramolecular Hbond substituents is 1. The first-order chi connectivity index (χ1) is 28.0. The van der Waals surface area contributed by atoms with Crippen molar-refractivity contribution in [2.75, 3.05) is 6.61 Å². The van der Waals surface area contributed by atoms with Gasteiger partial charge in [-0.1, -0.05) is 164 Å². The van der Waals surface area contributed by atoms with Gasteiger partial charge in [-0.3, -0.25) is 0 Å². The lowest BCUT2D eigenvalue weighted by atomic mass is 9.88. The first-order valence-electron chi connectivity index (χ1n) is 19.5. The van der Waals surface area contributed by atoms with Crippen LogP contribution in [-0.4, -0.2) is 36.1 Å². The molecule has 1 N–H and O–H groups in total. The standard InChI is InChI=1S/C49H48BrClO6/c1-2-34-23-25-35(26-24-34)27-40-28-41(45(52)43(50)44(40)51)46-48(55-31-38-19-11-5-12-20-38)49(56-32-39-21-13-6-14-22-39)47(54-30-37-17-9-4-10-18-37)42(57-46)33-53-29-36-15-7-3-8-16-36/h3-26,28,42,46-49,52H,2,27,29-33H2,1H3/t42-,46?,47-,48+,49+/m1/s1. The minimum atomic E-state index is -0.800. The molecule has 0 spiro atoms. The van der Waals surface area contributed by atoms with Gasteiger partial charge in [0.05, 0.1) is 42.5 Å². The SMILES string of the molecule is CCc1ccc(Cc2cc(C3O[C@H](COCc4ccccc4)[C@@H](OCc4ccccc4)[C@H](OCc4ccccc4)[C@H]3OCc3ccccc3)c(O)c(Br)c2Cl)cc1. The molecule has 0 radical (unpaired) electrons. The highest BCUT2D eigenvalue weighted by Gasteiger charge is 2.50. The van der Waals surface area contributed by atoms with Crippen LogP contribution in [0, 0.1) is 0 Å². The molecule has 0 aromatic heterocycles. The average molecular weight is 848 g/mol. The molecule has 1 aliphatic rings. The van der Waals surface area contributed by atoms with Crippen molar-refractivity contribution in [2.45, 2.75) is 76.7 Å². The largest absolute Gasteiger partial charge is 0.506 e. The van der Waals surface area contributed by atoms with Crippen molar-refractivity contribution in [3.05, 3.63) is 206 Å². The lowest BCUT2D eigenvalue weighted by molar-refractivity contribution is -0.275. The number of aromatic hydroxyl groups is 1. The second-order valence-corrected chi connectivity index (χ2v) is 15.5. The molecular weight excluding hydrogens is 800 g/mol. The van der Waals surface area contributed by atoms with Crippen molar-refractivity contribution in [1.82, 2.24) is 0 Å². The zero-order valence-corrected chi connectivity index (χ0v) is 34.4. The summed E-state index contributed by atoms with van der Waals surface area (Å²) < 4.78 is 34.6. The number of rotatable bonds is 17. The van der Waals surface area contributed by atoms with E-state index in [1.807, 2.05) is 127 Å². The van der Waals surface area contributed by atoms with E-state index in [1.54, 1.807) is 0 Å². The van der Waals surface area contributed by atoms with Crippen molar-refractivity contribution in [2.24, 2.45) is 0 Å². The molecule has 6 aromatic carbocycles. The van der Waals surface area contributed by atoms with E-state index in [1.165, 1.54) is 5.56 Å². The summed E-state index contributed by atoms with van der Waals surface area (Å²) in [6, 6.07) is 50.7. The Labute approximate surface area is 349 Å². The summed E-state index contributed by atoms with van der Waals surface area (Å²) >= 11 is 10.6. The maximum atomic E-state index is 11.9. The highest BCUT2D eigenvalue weighted by molar-refractivity contribution is 9.10. The maximum absolute atomic E-state index is 11.9. The van der Waals surface area contributed by atoms with E-state index in [0.717, 1.165) is 39.8 Å². The number of aryl methyl sites for hydroxylation is 1. The number of phenols is 1. The molecule has 1 fully saturated rings. The molecule has 6 aromatic rings. The van der Waals surface area contributed by atoms with Gasteiger partial charge in [0, 0.05) is 5.56 Å². The van der Waals surface area contributed by atoms with E-state index < -0.39 is 30.5 Å². The molecular formula is C49H48BrClO6. The Bertz CT molecular complexity index is 2120. The second kappa shape index (κ2) is 20.4. The molecule has 0 aliphatic carbocycles. The number of halogens is 2. The van der Waals surface area contributed by atoms with E-state index in [2.05, 4.69) is 47.1 Å². The summed E-state index contributed by atoms with van der Waals surface area (Å²) in [6.07, 6.45) is -1.89. The predicted octanol–water partition coefficient (Wildman–Crippen LogP) is 11.4. The average Bonchev–Trinajstić information content (AvgIpc) is 3.26. The van der Waals surface area contributed by atoms with Gasteiger partial charge < -0.3 is 28.8 Å². The smallest absolute Gasteiger partial charge is 0.137 e. The van der Waals surface area contributed by atoms with Crippen LogP contribution in [-0.2, 0) is 63.0 Å². The van der Waals surface area contributed by atoms with Crippen molar-refractivity contribution < 1.29 is 28.8 Å². The van der Waals surface area contributed by atoms with E-state index in [0.29, 0.717) is 41.3 Å². The van der Waals surface area contributed by atoms with Crippen molar-refractivity contribution in [3.8, 4) is 5.75 Å². The van der Waals surface area contributed by atoms with E-state index >= 15 is 0 Å². The van der Waals surface area contributed by atoms with Crippen LogP contribution in [0.15, 0.2) is 156 Å². The fraction of sp³-hybridized carbons (Fsp3) is 0.265. The van der Waals surface area contributed by atoms with Gasteiger partial charge in [0.15, 0.2) is 0 Å². The summed E-state index contributed by atoms with van der Waals surface area (Å²) in [5.41, 5.74) is 7.80. The van der Waals surface area contributed by atoms with Gasteiger partial charge in [0.25, 0.3) is 0 Å². The lowest BCUT2D eigenvalue weighted by Crippen LogP contribution is -2.58. The van der Waals surface area contributed by atoms with Gasteiger partial charge in [-0.25, -0.2) is 0 Å². The van der Waals surface area contributed by atoms with Crippen LogP contribution >= 0.6 is 27.5 Å².